The molecule has 0 amide bonds. The predicted molar refractivity (Wildman–Crippen MR) is 93.1 cm³/mol. The number of aromatic nitrogens is 4. The molecule has 2 aromatic heterocycles. The number of imidazole rings is 1. The van der Waals surface area contributed by atoms with Crippen molar-refractivity contribution in [1.82, 2.24) is 19.9 Å². The summed E-state index contributed by atoms with van der Waals surface area (Å²) < 4.78 is 5.23. The zero-order valence-corrected chi connectivity index (χ0v) is 13.6. The van der Waals surface area contributed by atoms with E-state index in [9.17, 15) is 0 Å². The molecule has 0 unspecified atom stereocenters. The Morgan fingerprint density at radius 3 is 2.62 bits per heavy atom. The van der Waals surface area contributed by atoms with E-state index < -0.39 is 0 Å². The van der Waals surface area contributed by atoms with E-state index >= 15 is 0 Å². The van der Waals surface area contributed by atoms with Crippen LogP contribution in [0.1, 0.15) is 12.8 Å². The standard InChI is InChI=1S/C17H20N6O/c1-24-13-4-2-11(3-5-13)14-15-16(20-10-19-15)22-17(21-14)23-8-6-12(18)7-9-23/h2-5,10,12H,6-9,18H2,1H3,(H,19,20,21,22). The molecule has 3 N–H and O–H groups in total. The van der Waals surface area contributed by atoms with Crippen molar-refractivity contribution in [2.75, 3.05) is 25.1 Å². The molecule has 0 atom stereocenters. The van der Waals surface area contributed by atoms with E-state index in [0.717, 1.165) is 48.5 Å². The first kappa shape index (κ1) is 14.9. The van der Waals surface area contributed by atoms with Gasteiger partial charge in [-0.2, -0.15) is 4.98 Å². The van der Waals surface area contributed by atoms with E-state index in [4.69, 9.17) is 15.5 Å². The van der Waals surface area contributed by atoms with Gasteiger partial charge in [0.15, 0.2) is 5.65 Å². The number of benzene rings is 1. The lowest BCUT2D eigenvalue weighted by molar-refractivity contribution is 0.415. The normalized spacial score (nSPS) is 15.8. The number of anilines is 1. The predicted octanol–water partition coefficient (Wildman–Crippen LogP) is 1.96. The molecular formula is C17H20N6O. The van der Waals surface area contributed by atoms with Crippen LogP contribution in [0, 0.1) is 0 Å². The second kappa shape index (κ2) is 6.09. The molecule has 3 heterocycles. The maximum absolute atomic E-state index is 6.00. The van der Waals surface area contributed by atoms with Crippen LogP contribution in [0.3, 0.4) is 0 Å². The molecule has 7 heteroatoms. The number of nitrogens with zero attached hydrogens (tertiary/aromatic N) is 4. The zero-order valence-electron chi connectivity index (χ0n) is 13.6. The van der Waals surface area contributed by atoms with Gasteiger partial charge in [-0.1, -0.05) is 0 Å². The first-order valence-electron chi connectivity index (χ1n) is 8.10. The number of ether oxygens (including phenoxy) is 1. The lowest BCUT2D eigenvalue weighted by Gasteiger charge is -2.30. The van der Waals surface area contributed by atoms with Crippen molar-refractivity contribution >= 4 is 17.1 Å². The van der Waals surface area contributed by atoms with E-state index in [1.807, 2.05) is 24.3 Å². The van der Waals surface area contributed by atoms with Crippen LogP contribution in [-0.4, -0.2) is 46.2 Å². The van der Waals surface area contributed by atoms with E-state index in [0.29, 0.717) is 11.6 Å². The van der Waals surface area contributed by atoms with Crippen molar-refractivity contribution < 1.29 is 4.74 Å². The van der Waals surface area contributed by atoms with E-state index in [-0.39, 0.29) is 6.04 Å². The Morgan fingerprint density at radius 2 is 1.92 bits per heavy atom. The minimum Gasteiger partial charge on any atom is -0.497 e. The Bertz CT molecular complexity index is 836. The van der Waals surface area contributed by atoms with E-state index in [1.165, 1.54) is 0 Å². The zero-order chi connectivity index (χ0) is 16.5. The second-order valence-electron chi connectivity index (χ2n) is 6.03. The fourth-order valence-corrected chi connectivity index (χ4v) is 3.02. The molecule has 0 spiro atoms. The van der Waals surface area contributed by atoms with Gasteiger partial charge in [0.25, 0.3) is 0 Å². The number of nitrogens with two attached hydrogens (primary N) is 1. The Balaban J connectivity index is 1.77. The highest BCUT2D eigenvalue weighted by atomic mass is 16.5. The molecule has 0 aliphatic carbocycles. The van der Waals surface area contributed by atoms with Crippen molar-refractivity contribution in [1.29, 1.82) is 0 Å². The summed E-state index contributed by atoms with van der Waals surface area (Å²) in [5.41, 5.74) is 9.38. The smallest absolute Gasteiger partial charge is 0.228 e. The largest absolute Gasteiger partial charge is 0.497 e. The average Bonchev–Trinajstić information content (AvgIpc) is 3.10. The maximum atomic E-state index is 6.00. The van der Waals surface area contributed by atoms with Crippen LogP contribution in [0.5, 0.6) is 5.75 Å². The number of aromatic amines is 1. The summed E-state index contributed by atoms with van der Waals surface area (Å²) in [4.78, 5) is 19.1. The quantitative estimate of drug-likeness (QED) is 0.765. The van der Waals surface area contributed by atoms with Crippen molar-refractivity contribution in [2.24, 2.45) is 5.73 Å². The molecular weight excluding hydrogens is 304 g/mol. The van der Waals surface area contributed by atoms with Gasteiger partial charge in [0, 0.05) is 24.7 Å². The molecule has 4 rings (SSSR count). The third-order valence-electron chi connectivity index (χ3n) is 4.46. The lowest BCUT2D eigenvalue weighted by Crippen LogP contribution is -2.40. The van der Waals surface area contributed by atoms with Gasteiger partial charge in [-0.15, -0.1) is 0 Å². The number of piperidine rings is 1. The molecule has 3 aromatic rings. The third kappa shape index (κ3) is 2.67. The number of H-pyrrole nitrogens is 1. The fourth-order valence-electron chi connectivity index (χ4n) is 3.02. The summed E-state index contributed by atoms with van der Waals surface area (Å²) >= 11 is 0. The van der Waals surface area contributed by atoms with Crippen molar-refractivity contribution in [3.05, 3.63) is 30.6 Å². The van der Waals surface area contributed by atoms with Gasteiger partial charge in [0.2, 0.25) is 5.95 Å². The molecule has 0 radical (unpaired) electrons. The molecule has 7 nitrogen and oxygen atoms in total. The molecule has 0 saturated carbocycles. The van der Waals surface area contributed by atoms with Crippen molar-refractivity contribution in [2.45, 2.75) is 18.9 Å². The van der Waals surface area contributed by atoms with Gasteiger partial charge >= 0.3 is 0 Å². The molecule has 1 saturated heterocycles. The first-order valence-corrected chi connectivity index (χ1v) is 8.10. The summed E-state index contributed by atoms with van der Waals surface area (Å²) in [7, 11) is 1.66. The fraction of sp³-hybridized carbons (Fsp3) is 0.353. The lowest BCUT2D eigenvalue weighted by atomic mass is 10.1. The SMILES string of the molecule is COc1ccc(-c2nc(N3CCC(N)CC3)nc3nc[nH]c23)cc1. The van der Waals surface area contributed by atoms with Crippen LogP contribution < -0.4 is 15.4 Å². The van der Waals surface area contributed by atoms with Crippen LogP contribution in [0.4, 0.5) is 5.95 Å². The highest BCUT2D eigenvalue weighted by Gasteiger charge is 2.21. The minimum atomic E-state index is 0.274. The van der Waals surface area contributed by atoms with Gasteiger partial charge in [0.05, 0.1) is 13.4 Å². The summed E-state index contributed by atoms with van der Waals surface area (Å²) in [5, 5.41) is 0. The number of nitrogens with one attached hydrogen (secondary N) is 1. The van der Waals surface area contributed by atoms with Gasteiger partial charge in [-0.05, 0) is 37.1 Å². The number of methoxy groups -OCH3 is 1. The summed E-state index contributed by atoms with van der Waals surface area (Å²) in [6, 6.07) is 8.13. The van der Waals surface area contributed by atoms with E-state index in [2.05, 4.69) is 19.9 Å². The highest BCUT2D eigenvalue weighted by molar-refractivity contribution is 5.88. The van der Waals surface area contributed by atoms with Crippen LogP contribution in [-0.2, 0) is 0 Å². The van der Waals surface area contributed by atoms with Crippen LogP contribution in [0.2, 0.25) is 0 Å². The first-order chi connectivity index (χ1) is 11.7. The van der Waals surface area contributed by atoms with Crippen LogP contribution >= 0.6 is 0 Å². The van der Waals surface area contributed by atoms with Gasteiger partial charge in [-0.3, -0.25) is 0 Å². The average molecular weight is 324 g/mol. The molecule has 1 fully saturated rings. The van der Waals surface area contributed by atoms with Gasteiger partial charge in [-0.25, -0.2) is 9.97 Å². The van der Waals surface area contributed by atoms with Crippen molar-refractivity contribution in [3.8, 4) is 17.0 Å². The molecule has 24 heavy (non-hydrogen) atoms. The highest BCUT2D eigenvalue weighted by Crippen LogP contribution is 2.28. The number of hydrogen-bond acceptors (Lipinski definition) is 6. The molecule has 1 aliphatic heterocycles. The Kier molecular flexibility index (Phi) is 3.78. The van der Waals surface area contributed by atoms with Crippen LogP contribution in [0.25, 0.3) is 22.4 Å². The monoisotopic (exact) mass is 324 g/mol. The Hall–Kier alpha value is -2.67. The topological polar surface area (TPSA) is 92.9 Å². The Morgan fingerprint density at radius 1 is 1.17 bits per heavy atom. The molecule has 0 bridgehead atoms. The molecule has 1 aliphatic rings. The van der Waals surface area contributed by atoms with E-state index in [1.54, 1.807) is 13.4 Å². The van der Waals surface area contributed by atoms with Gasteiger partial charge < -0.3 is 20.4 Å². The second-order valence-corrected chi connectivity index (χ2v) is 6.03. The number of rotatable bonds is 3. The Labute approximate surface area is 139 Å². The maximum Gasteiger partial charge on any atom is 0.228 e. The van der Waals surface area contributed by atoms with Gasteiger partial charge in [0.1, 0.15) is 17.0 Å². The number of fused-ring (bicyclic) bond motifs is 1. The minimum absolute atomic E-state index is 0.274. The molecule has 1 aromatic carbocycles. The number of hydrogen-bond donors (Lipinski definition) is 2. The molecule has 124 valence electrons. The summed E-state index contributed by atoms with van der Waals surface area (Å²) in [5.74, 6) is 1.53. The summed E-state index contributed by atoms with van der Waals surface area (Å²) in [6.45, 7) is 1.75. The third-order valence-corrected chi connectivity index (χ3v) is 4.46. The van der Waals surface area contributed by atoms with Crippen molar-refractivity contribution in [3.63, 3.8) is 0 Å². The van der Waals surface area contributed by atoms with Crippen LogP contribution in [0.15, 0.2) is 30.6 Å². The summed E-state index contributed by atoms with van der Waals surface area (Å²) in [6.07, 6.45) is 3.57.